The van der Waals surface area contributed by atoms with Gasteiger partial charge in [-0.05, 0) is 33.1 Å². The van der Waals surface area contributed by atoms with Gasteiger partial charge in [0.2, 0.25) is 0 Å². The fourth-order valence-electron chi connectivity index (χ4n) is 0.805. The molecule has 7 nitrogen and oxygen atoms in total. The number of carbonyl (C=O) groups excluding carboxylic acids is 1. The first-order chi connectivity index (χ1) is 11.7. The first-order valence-electron chi connectivity index (χ1n) is 8.55. The summed E-state index contributed by atoms with van der Waals surface area (Å²) in [6, 6.07) is 0. The van der Waals surface area contributed by atoms with Crippen LogP contribution in [-0.4, -0.2) is 47.9 Å². The number of hydrogen-bond donors (Lipinski definition) is 2. The zero-order valence-corrected chi connectivity index (χ0v) is 23.6. The number of aliphatic carboxylic acids is 1. The van der Waals surface area contributed by atoms with Gasteiger partial charge in [0.05, 0.1) is 18.1 Å². The van der Waals surface area contributed by atoms with Gasteiger partial charge in [0.1, 0.15) is 6.79 Å². The monoisotopic (exact) mass is 631 g/mol. The Labute approximate surface area is 152 Å². The summed E-state index contributed by atoms with van der Waals surface area (Å²) in [5, 5.41) is 16.3. The van der Waals surface area contributed by atoms with Crippen molar-refractivity contribution in [3.63, 3.8) is 0 Å². The quantitative estimate of drug-likeness (QED) is 0.217. The number of carbonyl (C=O) groups is 2. The molecule has 0 aromatic rings. The second kappa shape index (κ2) is 22.6. The third-order valence-electron chi connectivity index (χ3n) is 3.26. The predicted molar refractivity (Wildman–Crippen MR) is 97.0 cm³/mol. The molecule has 0 amide bonds. The molecule has 3 atom stereocenters. The third-order valence-corrected chi connectivity index (χ3v) is 3.26. The van der Waals surface area contributed by atoms with Gasteiger partial charge in [-0.15, -0.1) is 0 Å². The summed E-state index contributed by atoms with van der Waals surface area (Å²) < 4.78 is 14.4. The molecule has 8 heteroatoms. The molecule has 0 rings (SSSR count). The summed E-state index contributed by atoms with van der Waals surface area (Å²) in [5.74, 6) is -1.34. The molecule has 152 valence electrons. The number of rotatable bonds is 10. The summed E-state index contributed by atoms with van der Waals surface area (Å²) in [5.41, 5.74) is 0. The van der Waals surface area contributed by atoms with E-state index in [0.717, 1.165) is 25.3 Å². The van der Waals surface area contributed by atoms with Crippen molar-refractivity contribution in [2.24, 2.45) is 5.92 Å². The van der Waals surface area contributed by atoms with E-state index in [1.807, 2.05) is 34.6 Å². The average molecular weight is 631 g/mol. The van der Waals surface area contributed by atoms with Gasteiger partial charge in [-0.1, -0.05) is 34.3 Å². The van der Waals surface area contributed by atoms with E-state index in [-0.39, 0.29) is 31.7 Å². The maximum absolute atomic E-state index is 10.5. The van der Waals surface area contributed by atoms with E-state index in [4.69, 9.17) is 19.7 Å². The molecular formula is C18H36O7Rf. The molecular weight excluding hydrogens is 595 g/mol. The van der Waals surface area contributed by atoms with E-state index in [1.54, 1.807) is 6.92 Å². The summed E-state index contributed by atoms with van der Waals surface area (Å²) >= 11 is 0. The molecule has 0 fully saturated rings. The molecule has 26 heavy (non-hydrogen) atoms. The molecule has 0 bridgehead atoms. The Balaban J connectivity index is -0.000000143. The van der Waals surface area contributed by atoms with Crippen molar-refractivity contribution in [3.05, 3.63) is 12.7 Å². The Morgan fingerprint density at radius 1 is 1.00 bits per heavy atom. The molecule has 3 unspecified atom stereocenters. The summed E-state index contributed by atoms with van der Waals surface area (Å²) in [4.78, 5) is 20.4. The van der Waals surface area contributed by atoms with Gasteiger partial charge in [-0.25, -0.2) is 4.79 Å². The number of hydrogen-bond acceptors (Lipinski definition) is 6. The summed E-state index contributed by atoms with van der Waals surface area (Å²) in [6.45, 7) is 14.5. The maximum atomic E-state index is 10.5. The number of aliphatic hydroxyl groups is 1. The number of esters is 1. The minimum atomic E-state index is -0.706. The molecule has 0 saturated carbocycles. The van der Waals surface area contributed by atoms with Crippen LogP contribution in [0.15, 0.2) is 12.7 Å². The van der Waals surface area contributed by atoms with E-state index in [0.29, 0.717) is 0 Å². The first-order valence-corrected chi connectivity index (χ1v) is 8.55. The van der Waals surface area contributed by atoms with Crippen molar-refractivity contribution < 1.29 is 34.0 Å². The minimum absolute atomic E-state index is 0. The number of ether oxygens (including phenoxy) is 3. The first kappa shape index (κ1) is 31.3. The van der Waals surface area contributed by atoms with Crippen LogP contribution >= 0.6 is 0 Å². The second-order valence-electron chi connectivity index (χ2n) is 5.33. The van der Waals surface area contributed by atoms with Gasteiger partial charge < -0.3 is 24.4 Å². The van der Waals surface area contributed by atoms with Crippen LogP contribution < -0.4 is 0 Å². The van der Waals surface area contributed by atoms with Gasteiger partial charge in [-0.2, -0.15) is 0 Å². The second-order valence-corrected chi connectivity index (χ2v) is 5.33. The SMILES string of the molecule is C=CC(=O)OCOC(C)CC.CCC(C)C(=O)O.CCC(C)OCO.[Rf]. The van der Waals surface area contributed by atoms with E-state index in [2.05, 4.69) is 11.3 Å². The zero-order valence-electron chi connectivity index (χ0n) is 17.2. The molecule has 0 heterocycles. The van der Waals surface area contributed by atoms with E-state index in [9.17, 15) is 9.59 Å². The van der Waals surface area contributed by atoms with Crippen LogP contribution in [0.1, 0.15) is 60.8 Å². The molecule has 2 N–H and O–H groups in total. The standard InChI is InChI=1S/C8H14O3.C5H12O2.C5H10O2.Rf/c1-4-7(3)10-6-11-8(9)5-2;1-3-5(2)7-4-6;1-3-4(2)5(6)7;/h5,7H,2,4,6H2,1,3H3;5-6H,3-4H2,1-2H3;4H,3H2,1-2H3,(H,6,7);. The van der Waals surface area contributed by atoms with Crippen molar-refractivity contribution in [2.45, 2.75) is 73.0 Å². The summed E-state index contributed by atoms with van der Waals surface area (Å²) in [7, 11) is 0. The van der Waals surface area contributed by atoms with Gasteiger partial charge in [0, 0.05) is 6.08 Å². The van der Waals surface area contributed by atoms with Crippen LogP contribution in [0.3, 0.4) is 0 Å². The van der Waals surface area contributed by atoms with Crippen LogP contribution in [0.4, 0.5) is 0 Å². The molecule has 0 aliphatic carbocycles. The molecule has 0 aromatic heterocycles. The predicted octanol–water partition coefficient (Wildman–Crippen LogP) is 3.36. The Bertz CT molecular complexity index is 338. The van der Waals surface area contributed by atoms with Gasteiger partial charge in [0.25, 0.3) is 0 Å². The van der Waals surface area contributed by atoms with E-state index >= 15 is 0 Å². The van der Waals surface area contributed by atoms with Crippen LogP contribution in [0.2, 0.25) is 0 Å². The Kier molecular flexibility index (Phi) is 27.2. The van der Waals surface area contributed by atoms with Crippen LogP contribution in [0.5, 0.6) is 0 Å². The van der Waals surface area contributed by atoms with E-state index < -0.39 is 11.9 Å². The number of aliphatic hydroxyl groups excluding tert-OH is 1. The van der Waals surface area contributed by atoms with Gasteiger partial charge >= 0.3 is 11.9 Å². The van der Waals surface area contributed by atoms with Crippen molar-refractivity contribution in [1.82, 2.24) is 0 Å². The Morgan fingerprint density at radius 2 is 1.46 bits per heavy atom. The molecule has 0 radical (unpaired) electrons. The number of carboxylic acids is 1. The van der Waals surface area contributed by atoms with Gasteiger partial charge in [-0.3, -0.25) is 4.79 Å². The fourth-order valence-corrected chi connectivity index (χ4v) is 0.805. The maximum Gasteiger partial charge on any atom is 0.332 e. The van der Waals surface area contributed by atoms with Crippen molar-refractivity contribution in [1.29, 1.82) is 0 Å². The average Bonchev–Trinajstić information content (AvgIpc) is 2.61. The largest absolute Gasteiger partial charge is 0.481 e. The fraction of sp³-hybridized carbons (Fsp3) is 0.778. The van der Waals surface area contributed by atoms with Crippen LogP contribution in [-0.2, 0) is 23.8 Å². The Morgan fingerprint density at radius 3 is 1.69 bits per heavy atom. The zero-order chi connectivity index (χ0) is 20.3. The van der Waals surface area contributed by atoms with Crippen LogP contribution in [0.25, 0.3) is 0 Å². The normalized spacial score (nSPS) is 12.6. The molecule has 0 aromatic carbocycles. The molecule has 0 saturated heterocycles. The third kappa shape index (κ3) is 26.5. The molecule has 0 spiro atoms. The van der Waals surface area contributed by atoms with E-state index in [1.165, 1.54) is 0 Å². The Hall–Kier alpha value is -2.44. The number of carboxylic acid groups (broad SMARTS) is 1. The van der Waals surface area contributed by atoms with Crippen molar-refractivity contribution in [2.75, 3.05) is 13.6 Å². The smallest absolute Gasteiger partial charge is 0.332 e. The molecule has 0 aliphatic rings. The molecule has 0 aliphatic heterocycles. The minimum Gasteiger partial charge on any atom is -0.481 e. The van der Waals surface area contributed by atoms with Crippen LogP contribution in [0, 0.1) is 5.92 Å². The van der Waals surface area contributed by atoms with Crippen molar-refractivity contribution >= 4 is 11.9 Å². The topological polar surface area (TPSA) is 102 Å². The van der Waals surface area contributed by atoms with Crippen molar-refractivity contribution in [3.8, 4) is 0 Å². The van der Waals surface area contributed by atoms with Gasteiger partial charge in [0.15, 0.2) is 6.79 Å². The summed E-state index contributed by atoms with van der Waals surface area (Å²) in [6.07, 6.45) is 4.03.